The summed E-state index contributed by atoms with van der Waals surface area (Å²) in [5.41, 5.74) is 0. The van der Waals surface area contributed by atoms with Gasteiger partial charge in [-0.2, -0.15) is 0 Å². The molecule has 0 aromatic heterocycles. The standard InChI is InChI=1S/C8H18O4S.Na/c1-2-3-4-5-8(9)6-7-13(10,11)12;/h8-9H,2-7H2,1H3,(H,10,11,12);/q;+1/p-1. The third-order valence-corrected chi connectivity index (χ3v) is 2.58. The summed E-state index contributed by atoms with van der Waals surface area (Å²) >= 11 is 0. The molecule has 0 aromatic rings. The molecule has 0 amide bonds. The van der Waals surface area contributed by atoms with E-state index in [1.165, 1.54) is 0 Å². The van der Waals surface area contributed by atoms with Crippen LogP contribution in [0.3, 0.4) is 0 Å². The van der Waals surface area contributed by atoms with Crippen molar-refractivity contribution in [1.29, 1.82) is 0 Å². The molecule has 0 aliphatic heterocycles. The average Bonchev–Trinajstić information content (AvgIpc) is 2.00. The number of hydrogen-bond acceptors (Lipinski definition) is 4. The topological polar surface area (TPSA) is 77.4 Å². The molecule has 14 heavy (non-hydrogen) atoms. The molecule has 80 valence electrons. The normalized spacial score (nSPS) is 13.4. The molecule has 0 aromatic carbocycles. The van der Waals surface area contributed by atoms with E-state index in [9.17, 15) is 18.1 Å². The minimum atomic E-state index is -4.16. The molecule has 0 saturated heterocycles. The maximum Gasteiger partial charge on any atom is 1.00 e. The van der Waals surface area contributed by atoms with Crippen LogP contribution in [0.25, 0.3) is 0 Å². The van der Waals surface area contributed by atoms with Gasteiger partial charge in [-0.3, -0.25) is 0 Å². The summed E-state index contributed by atoms with van der Waals surface area (Å²) in [5, 5.41) is 9.24. The van der Waals surface area contributed by atoms with E-state index in [4.69, 9.17) is 0 Å². The minimum Gasteiger partial charge on any atom is -0.748 e. The monoisotopic (exact) mass is 232 g/mol. The van der Waals surface area contributed by atoms with Crippen LogP contribution in [0.15, 0.2) is 0 Å². The van der Waals surface area contributed by atoms with Crippen LogP contribution in [-0.2, 0) is 10.1 Å². The first-order valence-electron chi connectivity index (χ1n) is 4.57. The van der Waals surface area contributed by atoms with Crippen molar-refractivity contribution in [2.45, 2.75) is 45.1 Å². The Morgan fingerprint density at radius 1 is 1.29 bits per heavy atom. The van der Waals surface area contributed by atoms with Crippen LogP contribution in [-0.4, -0.2) is 29.9 Å². The second kappa shape index (κ2) is 9.12. The average molecular weight is 232 g/mol. The number of unbranched alkanes of at least 4 members (excludes halogenated alkanes) is 2. The molecule has 0 aliphatic rings. The Kier molecular flexibility index (Phi) is 11.3. The Labute approximate surface area is 108 Å². The Hall–Kier alpha value is 0.870. The van der Waals surface area contributed by atoms with E-state index in [2.05, 4.69) is 6.92 Å². The predicted octanol–water partition coefficient (Wildman–Crippen LogP) is -2.13. The third-order valence-electron chi connectivity index (χ3n) is 1.84. The van der Waals surface area contributed by atoms with Crippen LogP contribution in [0.5, 0.6) is 0 Å². The van der Waals surface area contributed by atoms with Crippen LogP contribution in [0.2, 0.25) is 0 Å². The van der Waals surface area contributed by atoms with Crippen molar-refractivity contribution in [1.82, 2.24) is 0 Å². The van der Waals surface area contributed by atoms with Gasteiger partial charge in [0.05, 0.1) is 16.2 Å². The molecule has 6 heteroatoms. The zero-order chi connectivity index (χ0) is 10.3. The summed E-state index contributed by atoms with van der Waals surface area (Å²) in [7, 11) is -4.16. The second-order valence-corrected chi connectivity index (χ2v) is 4.72. The van der Waals surface area contributed by atoms with E-state index >= 15 is 0 Å². The molecule has 4 nitrogen and oxygen atoms in total. The van der Waals surface area contributed by atoms with Gasteiger partial charge in [0, 0.05) is 5.75 Å². The van der Waals surface area contributed by atoms with Gasteiger partial charge < -0.3 is 9.66 Å². The van der Waals surface area contributed by atoms with Gasteiger partial charge in [-0.25, -0.2) is 8.42 Å². The number of aliphatic hydroxyl groups excluding tert-OH is 1. The van der Waals surface area contributed by atoms with Gasteiger partial charge in [0.1, 0.15) is 0 Å². The fourth-order valence-corrected chi connectivity index (χ4v) is 1.62. The Morgan fingerprint density at radius 2 is 1.86 bits per heavy atom. The van der Waals surface area contributed by atoms with Crippen molar-refractivity contribution in [3.8, 4) is 0 Å². The SMILES string of the molecule is CCCCCC(O)CCS(=O)(=O)[O-].[Na+]. The summed E-state index contributed by atoms with van der Waals surface area (Å²) in [4.78, 5) is 0. The van der Waals surface area contributed by atoms with Crippen molar-refractivity contribution in [3.05, 3.63) is 0 Å². The number of aliphatic hydroxyl groups is 1. The zero-order valence-electron chi connectivity index (χ0n) is 8.90. The van der Waals surface area contributed by atoms with Gasteiger partial charge in [0.15, 0.2) is 0 Å². The van der Waals surface area contributed by atoms with Gasteiger partial charge in [0.25, 0.3) is 0 Å². The third kappa shape index (κ3) is 12.9. The van der Waals surface area contributed by atoms with Gasteiger partial charge in [0.2, 0.25) is 0 Å². The van der Waals surface area contributed by atoms with Crippen LogP contribution >= 0.6 is 0 Å². The predicted molar refractivity (Wildman–Crippen MR) is 49.3 cm³/mol. The zero-order valence-corrected chi connectivity index (χ0v) is 11.7. The summed E-state index contributed by atoms with van der Waals surface area (Å²) in [6.45, 7) is 2.05. The van der Waals surface area contributed by atoms with Crippen molar-refractivity contribution in [2.75, 3.05) is 5.75 Å². The quantitative estimate of drug-likeness (QED) is 0.309. The van der Waals surface area contributed by atoms with Crippen molar-refractivity contribution in [2.24, 2.45) is 0 Å². The molecular weight excluding hydrogens is 215 g/mol. The fourth-order valence-electron chi connectivity index (χ4n) is 1.05. The first kappa shape index (κ1) is 17.3. The summed E-state index contributed by atoms with van der Waals surface area (Å²) in [6.07, 6.45) is 2.98. The first-order chi connectivity index (χ1) is 5.95. The molecule has 1 N–H and O–H groups in total. The van der Waals surface area contributed by atoms with Crippen LogP contribution in [0.1, 0.15) is 39.0 Å². The molecule has 0 spiro atoms. The first-order valence-corrected chi connectivity index (χ1v) is 6.15. The van der Waals surface area contributed by atoms with Gasteiger partial charge in [-0.05, 0) is 12.8 Å². The van der Waals surface area contributed by atoms with E-state index < -0.39 is 22.0 Å². The summed E-state index contributed by atoms with van der Waals surface area (Å²) < 4.78 is 30.6. The van der Waals surface area contributed by atoms with E-state index in [1.807, 2.05) is 0 Å². The van der Waals surface area contributed by atoms with Gasteiger partial charge in [-0.15, -0.1) is 0 Å². The van der Waals surface area contributed by atoms with Crippen LogP contribution in [0.4, 0.5) is 0 Å². The van der Waals surface area contributed by atoms with E-state index in [0.717, 1.165) is 19.3 Å². The minimum absolute atomic E-state index is 0. The molecule has 0 saturated carbocycles. The number of hydrogen-bond donors (Lipinski definition) is 1. The summed E-state index contributed by atoms with van der Waals surface area (Å²) in [6, 6.07) is 0. The van der Waals surface area contributed by atoms with Crippen LogP contribution in [0, 0.1) is 0 Å². The van der Waals surface area contributed by atoms with Crippen molar-refractivity contribution in [3.63, 3.8) is 0 Å². The van der Waals surface area contributed by atoms with E-state index in [1.54, 1.807) is 0 Å². The smallest absolute Gasteiger partial charge is 0.748 e. The number of rotatable bonds is 7. The van der Waals surface area contributed by atoms with E-state index in [0.29, 0.717) is 6.42 Å². The molecule has 0 bridgehead atoms. The molecule has 1 unspecified atom stereocenters. The molecule has 0 aliphatic carbocycles. The molecule has 0 rings (SSSR count). The van der Waals surface area contributed by atoms with Crippen molar-refractivity contribution < 1.29 is 47.6 Å². The molecular formula is C8H17NaO4S. The van der Waals surface area contributed by atoms with Crippen LogP contribution < -0.4 is 29.6 Å². The summed E-state index contributed by atoms with van der Waals surface area (Å²) in [5.74, 6) is -0.458. The van der Waals surface area contributed by atoms with Gasteiger partial charge >= 0.3 is 29.6 Å². The van der Waals surface area contributed by atoms with Gasteiger partial charge in [-0.1, -0.05) is 26.2 Å². The maximum absolute atomic E-state index is 10.2. The maximum atomic E-state index is 10.2. The van der Waals surface area contributed by atoms with E-state index in [-0.39, 0.29) is 36.0 Å². The Balaban J connectivity index is 0. The fraction of sp³-hybridized carbons (Fsp3) is 1.00. The Morgan fingerprint density at radius 3 is 2.29 bits per heavy atom. The van der Waals surface area contributed by atoms with Crippen molar-refractivity contribution >= 4 is 10.1 Å². The molecule has 1 atom stereocenters. The largest absolute Gasteiger partial charge is 1.00 e. The molecule has 0 fully saturated rings. The Bertz CT molecular complexity index is 215. The second-order valence-electron chi connectivity index (χ2n) is 3.20. The molecule has 0 radical (unpaired) electrons. The molecule has 0 heterocycles.